The first-order valence-electron chi connectivity index (χ1n) is 11.8. The van der Waals surface area contributed by atoms with Crippen molar-refractivity contribution in [2.24, 2.45) is 0 Å². The lowest BCUT2D eigenvalue weighted by molar-refractivity contribution is 0.0527. The van der Waals surface area contributed by atoms with Gasteiger partial charge in [0.05, 0.1) is 40.8 Å². The van der Waals surface area contributed by atoms with E-state index >= 15 is 0 Å². The monoisotopic (exact) mass is 516 g/mol. The number of ether oxygens (including phenoxy) is 3. The van der Waals surface area contributed by atoms with Gasteiger partial charge < -0.3 is 29.3 Å². The molecule has 8 nitrogen and oxygen atoms in total. The predicted octanol–water partition coefficient (Wildman–Crippen LogP) is 4.72. The van der Waals surface area contributed by atoms with Gasteiger partial charge in [0.1, 0.15) is 23.7 Å². The Bertz CT molecular complexity index is 1230. The van der Waals surface area contributed by atoms with Gasteiger partial charge >= 0.3 is 5.97 Å². The Morgan fingerprint density at radius 1 is 1.19 bits per heavy atom. The summed E-state index contributed by atoms with van der Waals surface area (Å²) in [7, 11) is 3.72. The van der Waals surface area contributed by atoms with Crippen molar-refractivity contribution in [1.82, 2.24) is 9.88 Å². The Balaban J connectivity index is 1.88. The summed E-state index contributed by atoms with van der Waals surface area (Å²) < 4.78 is 30.7. The van der Waals surface area contributed by atoms with E-state index in [-0.39, 0.29) is 17.2 Å². The molecule has 1 aliphatic heterocycles. The molecule has 2 aromatic carbocycles. The second kappa shape index (κ2) is 11.7. The van der Waals surface area contributed by atoms with Gasteiger partial charge in [-0.2, -0.15) is 0 Å². The number of halogens is 2. The smallest absolute Gasteiger partial charge is 0.341 e. The first kappa shape index (κ1) is 25.9. The van der Waals surface area contributed by atoms with Crippen molar-refractivity contribution in [3.8, 4) is 5.75 Å². The molecule has 3 aromatic rings. The van der Waals surface area contributed by atoms with Crippen molar-refractivity contribution in [1.29, 1.82) is 0 Å². The first-order chi connectivity index (χ1) is 17.4. The highest BCUT2D eigenvalue weighted by atomic mass is 35.5. The maximum atomic E-state index is 14.2. The van der Waals surface area contributed by atoms with Gasteiger partial charge in [-0.1, -0.05) is 17.7 Å². The molecule has 0 bridgehead atoms. The van der Waals surface area contributed by atoms with Crippen molar-refractivity contribution >= 4 is 45.5 Å². The third kappa shape index (κ3) is 5.64. The summed E-state index contributed by atoms with van der Waals surface area (Å²) in [5.41, 5.74) is 2.47. The second-order valence-electron chi connectivity index (χ2n) is 8.46. The summed E-state index contributed by atoms with van der Waals surface area (Å²) >= 11 is 6.24. The SMILES string of the molecule is CCOC(=O)c1cnc2cc(OCCOC)c(N3CCN(C)CC3)cc2c1Nc1cccc(F)c1Cl. The number of fused-ring (bicyclic) bond motifs is 1. The van der Waals surface area contributed by atoms with E-state index in [1.165, 1.54) is 12.3 Å². The minimum absolute atomic E-state index is 0.0731. The number of hydrogen-bond donors (Lipinski definition) is 1. The Labute approximate surface area is 214 Å². The highest BCUT2D eigenvalue weighted by Gasteiger charge is 2.23. The lowest BCUT2D eigenvalue weighted by Crippen LogP contribution is -2.44. The van der Waals surface area contributed by atoms with Crippen molar-refractivity contribution < 1.29 is 23.4 Å². The summed E-state index contributed by atoms with van der Waals surface area (Å²) in [6, 6.07) is 8.28. The number of hydrogen-bond acceptors (Lipinski definition) is 8. The molecule has 10 heteroatoms. The van der Waals surface area contributed by atoms with Crippen LogP contribution in [0, 0.1) is 5.82 Å². The van der Waals surface area contributed by atoms with Gasteiger partial charge in [0.2, 0.25) is 0 Å². The topological polar surface area (TPSA) is 76.2 Å². The largest absolute Gasteiger partial charge is 0.489 e. The summed E-state index contributed by atoms with van der Waals surface area (Å²) in [5.74, 6) is -0.427. The maximum absolute atomic E-state index is 14.2. The minimum atomic E-state index is -0.565. The average Bonchev–Trinajstić information content (AvgIpc) is 2.87. The zero-order valence-electron chi connectivity index (χ0n) is 20.6. The number of nitrogens with zero attached hydrogens (tertiary/aromatic N) is 3. The molecule has 0 spiro atoms. The molecule has 1 N–H and O–H groups in total. The lowest BCUT2D eigenvalue weighted by Gasteiger charge is -2.35. The van der Waals surface area contributed by atoms with Crippen LogP contribution in [0.15, 0.2) is 36.5 Å². The molecule has 36 heavy (non-hydrogen) atoms. The van der Waals surface area contributed by atoms with Gasteiger partial charge in [0.25, 0.3) is 0 Å². The van der Waals surface area contributed by atoms with E-state index in [0.717, 1.165) is 31.9 Å². The Morgan fingerprint density at radius 2 is 1.97 bits per heavy atom. The zero-order chi connectivity index (χ0) is 25.7. The number of methoxy groups -OCH3 is 1. The van der Waals surface area contributed by atoms with Crippen LogP contribution in [0.3, 0.4) is 0 Å². The summed E-state index contributed by atoms with van der Waals surface area (Å²) in [4.78, 5) is 21.9. The van der Waals surface area contributed by atoms with E-state index in [1.807, 2.05) is 12.1 Å². The number of piperazine rings is 1. The van der Waals surface area contributed by atoms with Crippen molar-refractivity contribution in [2.75, 3.05) is 70.4 Å². The summed E-state index contributed by atoms with van der Waals surface area (Å²) in [6.07, 6.45) is 1.45. The van der Waals surface area contributed by atoms with Crippen LogP contribution in [0.25, 0.3) is 10.9 Å². The first-order valence-corrected chi connectivity index (χ1v) is 12.2. The lowest BCUT2D eigenvalue weighted by atomic mass is 10.1. The number of likely N-dealkylation sites (N-methyl/N-ethyl adjacent to an activating group) is 1. The van der Waals surface area contributed by atoms with E-state index in [9.17, 15) is 9.18 Å². The molecule has 0 saturated carbocycles. The fourth-order valence-corrected chi connectivity index (χ4v) is 4.26. The number of pyridine rings is 1. The van der Waals surface area contributed by atoms with Crippen LogP contribution in [-0.2, 0) is 9.47 Å². The number of esters is 1. The van der Waals surface area contributed by atoms with E-state index in [2.05, 4.69) is 27.1 Å². The fourth-order valence-electron chi connectivity index (χ4n) is 4.09. The normalized spacial score (nSPS) is 14.2. The third-order valence-electron chi connectivity index (χ3n) is 6.04. The Morgan fingerprint density at radius 3 is 2.69 bits per heavy atom. The number of carbonyl (C=O) groups excluding carboxylic acids is 1. The van der Waals surface area contributed by atoms with Crippen molar-refractivity contribution in [3.63, 3.8) is 0 Å². The van der Waals surface area contributed by atoms with Crippen LogP contribution in [0.4, 0.5) is 21.5 Å². The number of aromatic nitrogens is 1. The van der Waals surface area contributed by atoms with Crippen LogP contribution in [0.5, 0.6) is 5.75 Å². The number of nitrogens with one attached hydrogen (secondary N) is 1. The number of benzene rings is 2. The molecular weight excluding hydrogens is 487 g/mol. The number of rotatable bonds is 9. The summed E-state index contributed by atoms with van der Waals surface area (Å²) in [5, 5.41) is 3.76. The van der Waals surface area contributed by atoms with Gasteiger partial charge in [0.15, 0.2) is 0 Å². The standard InChI is InChI=1S/C26H30ClFN4O4/c1-4-35-26(33)18-16-29-21-15-23(36-13-12-34-3)22(32-10-8-31(2)9-11-32)14-17(21)25(18)30-20-7-5-6-19(28)24(20)27/h5-7,14-16H,4,8-13H2,1-3H3,(H,29,30). The van der Waals surface area contributed by atoms with Crippen LogP contribution < -0.4 is 15.0 Å². The molecule has 0 aliphatic carbocycles. The highest BCUT2D eigenvalue weighted by molar-refractivity contribution is 6.33. The fraction of sp³-hybridized carbons (Fsp3) is 0.385. The molecule has 1 aromatic heterocycles. The average molecular weight is 517 g/mol. The molecule has 0 unspecified atom stereocenters. The Hall–Kier alpha value is -3.14. The number of carbonyl (C=O) groups is 1. The number of anilines is 3. The third-order valence-corrected chi connectivity index (χ3v) is 6.43. The van der Waals surface area contributed by atoms with Gasteiger partial charge in [-0.15, -0.1) is 0 Å². The van der Waals surface area contributed by atoms with E-state index in [0.29, 0.717) is 41.2 Å². The molecule has 192 valence electrons. The molecule has 1 saturated heterocycles. The maximum Gasteiger partial charge on any atom is 0.341 e. The summed E-state index contributed by atoms with van der Waals surface area (Å²) in [6.45, 7) is 6.20. The zero-order valence-corrected chi connectivity index (χ0v) is 21.4. The molecule has 0 atom stereocenters. The molecule has 1 aliphatic rings. The van der Waals surface area contributed by atoms with Gasteiger partial charge in [-0.05, 0) is 32.2 Å². The molecule has 1 fully saturated rings. The van der Waals surface area contributed by atoms with Crippen LogP contribution in [0.2, 0.25) is 5.02 Å². The molecule has 0 radical (unpaired) electrons. The van der Waals surface area contributed by atoms with E-state index < -0.39 is 11.8 Å². The minimum Gasteiger partial charge on any atom is -0.489 e. The molecule has 4 rings (SSSR count). The van der Waals surface area contributed by atoms with Gasteiger partial charge in [-0.25, -0.2) is 9.18 Å². The van der Waals surface area contributed by atoms with Crippen molar-refractivity contribution in [2.45, 2.75) is 6.92 Å². The molecule has 2 heterocycles. The highest BCUT2D eigenvalue weighted by Crippen LogP contribution is 2.39. The molecular formula is C26H30ClFN4O4. The van der Waals surface area contributed by atoms with Crippen LogP contribution in [-0.4, -0.2) is 76.0 Å². The Kier molecular flexibility index (Phi) is 8.45. The van der Waals surface area contributed by atoms with Gasteiger partial charge in [-0.3, -0.25) is 4.98 Å². The van der Waals surface area contributed by atoms with Crippen molar-refractivity contribution in [3.05, 3.63) is 52.9 Å². The van der Waals surface area contributed by atoms with Gasteiger partial charge in [0, 0.05) is 50.9 Å². The van der Waals surface area contributed by atoms with Crippen LogP contribution in [0.1, 0.15) is 17.3 Å². The van der Waals surface area contributed by atoms with Crippen LogP contribution >= 0.6 is 11.6 Å². The second-order valence-corrected chi connectivity index (χ2v) is 8.84. The predicted molar refractivity (Wildman–Crippen MR) is 139 cm³/mol. The molecule has 0 amide bonds. The van der Waals surface area contributed by atoms with E-state index in [1.54, 1.807) is 26.2 Å². The quantitative estimate of drug-likeness (QED) is 0.323. The van der Waals surface area contributed by atoms with E-state index in [4.69, 9.17) is 25.8 Å².